The molecule has 144 valence electrons. The van der Waals surface area contributed by atoms with Gasteiger partial charge in [-0.3, -0.25) is 19.4 Å². The molecule has 4 rings (SSSR count). The normalized spacial score (nSPS) is 16.8. The highest BCUT2D eigenvalue weighted by atomic mass is 16.2. The van der Waals surface area contributed by atoms with Gasteiger partial charge in [-0.25, -0.2) is 0 Å². The number of pyridine rings is 1. The smallest absolute Gasteiger partial charge is 0.232 e. The van der Waals surface area contributed by atoms with Gasteiger partial charge in [0, 0.05) is 31.1 Å². The fourth-order valence-electron chi connectivity index (χ4n) is 4.47. The first-order valence-corrected chi connectivity index (χ1v) is 9.73. The molecule has 0 saturated heterocycles. The molecule has 1 aliphatic heterocycles. The number of aryl methyl sites for hydroxylation is 5. The minimum atomic E-state index is 0.0904. The van der Waals surface area contributed by atoms with Crippen LogP contribution in [0.4, 0.5) is 11.5 Å². The number of anilines is 2. The van der Waals surface area contributed by atoms with Gasteiger partial charge in [-0.15, -0.1) is 0 Å². The molecule has 1 unspecified atom stereocenters. The van der Waals surface area contributed by atoms with Crippen molar-refractivity contribution in [1.29, 1.82) is 0 Å². The molecule has 2 aromatic heterocycles. The number of benzene rings is 1. The monoisotopic (exact) mass is 374 g/mol. The Balaban J connectivity index is 1.95. The Hall–Kier alpha value is -2.95. The van der Waals surface area contributed by atoms with Gasteiger partial charge in [-0.2, -0.15) is 5.10 Å². The minimum absolute atomic E-state index is 0.0904. The summed E-state index contributed by atoms with van der Waals surface area (Å²) in [4.78, 5) is 19.5. The average molecular weight is 374 g/mol. The molecule has 0 aliphatic carbocycles. The van der Waals surface area contributed by atoms with Crippen molar-refractivity contribution in [3.05, 3.63) is 70.2 Å². The van der Waals surface area contributed by atoms with Gasteiger partial charge >= 0.3 is 0 Å². The molecule has 1 amide bonds. The number of amides is 1. The van der Waals surface area contributed by atoms with Crippen LogP contribution in [0.5, 0.6) is 0 Å². The largest absolute Gasteiger partial charge is 0.274 e. The molecule has 5 nitrogen and oxygen atoms in total. The lowest BCUT2D eigenvalue weighted by Crippen LogP contribution is -2.27. The first-order valence-electron chi connectivity index (χ1n) is 9.73. The molecule has 1 aromatic carbocycles. The topological polar surface area (TPSA) is 51.0 Å². The van der Waals surface area contributed by atoms with Gasteiger partial charge in [-0.05, 0) is 57.4 Å². The predicted molar refractivity (Wildman–Crippen MR) is 111 cm³/mol. The van der Waals surface area contributed by atoms with Crippen molar-refractivity contribution < 1.29 is 4.79 Å². The van der Waals surface area contributed by atoms with Crippen LogP contribution in [-0.2, 0) is 11.8 Å². The Kier molecular flexibility index (Phi) is 4.53. The molecule has 0 fully saturated rings. The van der Waals surface area contributed by atoms with E-state index in [9.17, 15) is 4.79 Å². The van der Waals surface area contributed by atoms with Crippen LogP contribution < -0.4 is 4.90 Å². The molecule has 0 radical (unpaired) electrons. The Bertz CT molecular complexity index is 1070. The van der Waals surface area contributed by atoms with Crippen LogP contribution in [0.15, 0.2) is 36.5 Å². The Labute approximate surface area is 166 Å². The summed E-state index contributed by atoms with van der Waals surface area (Å²) in [7, 11) is 1.92. The van der Waals surface area contributed by atoms with Gasteiger partial charge in [0.25, 0.3) is 0 Å². The van der Waals surface area contributed by atoms with Gasteiger partial charge in [-0.1, -0.05) is 23.8 Å². The van der Waals surface area contributed by atoms with Crippen molar-refractivity contribution in [1.82, 2.24) is 14.8 Å². The maximum Gasteiger partial charge on any atom is 0.232 e. The van der Waals surface area contributed by atoms with E-state index in [1.807, 2.05) is 42.6 Å². The number of carbonyl (C=O) groups is 1. The summed E-state index contributed by atoms with van der Waals surface area (Å²) >= 11 is 0. The standard InChI is InChI=1S/C23H26N4O/c1-14-8-9-18(15(2)13-14)19-10-11-21(28)27(20-7-6-12-24-16(20)3)23-22(19)17(4)25-26(23)5/h6-9,12-13,19H,10-11H2,1-5H3. The molecule has 0 spiro atoms. The highest BCUT2D eigenvalue weighted by molar-refractivity contribution is 6.02. The van der Waals surface area contributed by atoms with Gasteiger partial charge in [0.15, 0.2) is 0 Å². The van der Waals surface area contributed by atoms with E-state index in [2.05, 4.69) is 37.0 Å². The van der Waals surface area contributed by atoms with E-state index in [1.54, 1.807) is 6.20 Å². The molecule has 3 heterocycles. The number of carbonyl (C=O) groups excluding carboxylic acids is 1. The van der Waals surface area contributed by atoms with Crippen LogP contribution in [0.2, 0.25) is 0 Å². The van der Waals surface area contributed by atoms with Crippen LogP contribution in [0.25, 0.3) is 0 Å². The SMILES string of the molecule is Cc1ccc(C2CCC(=O)N(c3cccnc3C)c3c2c(C)nn3C)c(C)c1. The third-order valence-electron chi connectivity index (χ3n) is 5.71. The van der Waals surface area contributed by atoms with Gasteiger partial charge in [0.05, 0.1) is 17.1 Å². The zero-order valence-corrected chi connectivity index (χ0v) is 17.2. The van der Waals surface area contributed by atoms with Crippen molar-refractivity contribution in [3.8, 4) is 0 Å². The molecular formula is C23H26N4O. The van der Waals surface area contributed by atoms with E-state index in [4.69, 9.17) is 5.10 Å². The summed E-state index contributed by atoms with van der Waals surface area (Å²) in [5.41, 5.74) is 7.58. The second kappa shape index (κ2) is 6.89. The summed E-state index contributed by atoms with van der Waals surface area (Å²) in [6.07, 6.45) is 3.02. The van der Waals surface area contributed by atoms with Crippen LogP contribution in [-0.4, -0.2) is 20.7 Å². The number of rotatable bonds is 2. The zero-order chi connectivity index (χ0) is 20.0. The first kappa shape index (κ1) is 18.4. The fourth-order valence-corrected chi connectivity index (χ4v) is 4.47. The van der Waals surface area contributed by atoms with Crippen molar-refractivity contribution >= 4 is 17.4 Å². The molecule has 0 N–H and O–H groups in total. The highest BCUT2D eigenvalue weighted by Gasteiger charge is 2.35. The molecule has 28 heavy (non-hydrogen) atoms. The van der Waals surface area contributed by atoms with E-state index in [0.717, 1.165) is 34.9 Å². The molecule has 0 saturated carbocycles. The molecule has 1 aliphatic rings. The summed E-state index contributed by atoms with van der Waals surface area (Å²) in [6.45, 7) is 8.25. The third kappa shape index (κ3) is 2.91. The molecule has 0 bridgehead atoms. The van der Waals surface area contributed by atoms with Crippen LogP contribution in [0.3, 0.4) is 0 Å². The number of aromatic nitrogens is 3. The lowest BCUT2D eigenvalue weighted by molar-refractivity contribution is -0.118. The van der Waals surface area contributed by atoms with Gasteiger partial charge < -0.3 is 0 Å². The maximum absolute atomic E-state index is 13.3. The van der Waals surface area contributed by atoms with Crippen molar-refractivity contribution in [2.45, 2.75) is 46.5 Å². The zero-order valence-electron chi connectivity index (χ0n) is 17.2. The molecule has 3 aromatic rings. The third-order valence-corrected chi connectivity index (χ3v) is 5.71. The van der Waals surface area contributed by atoms with Crippen LogP contribution in [0.1, 0.15) is 52.4 Å². The minimum Gasteiger partial charge on any atom is -0.274 e. The number of hydrogen-bond donors (Lipinski definition) is 0. The lowest BCUT2D eigenvalue weighted by Gasteiger charge is -2.24. The Morgan fingerprint density at radius 1 is 1.07 bits per heavy atom. The quantitative estimate of drug-likeness (QED) is 0.657. The van der Waals surface area contributed by atoms with Crippen molar-refractivity contribution in [2.75, 3.05) is 4.90 Å². The summed E-state index contributed by atoms with van der Waals surface area (Å²) in [6, 6.07) is 10.4. The van der Waals surface area contributed by atoms with E-state index >= 15 is 0 Å². The summed E-state index contributed by atoms with van der Waals surface area (Å²) in [5, 5.41) is 4.70. The Morgan fingerprint density at radius 3 is 2.57 bits per heavy atom. The predicted octanol–water partition coefficient (Wildman–Crippen LogP) is 4.64. The van der Waals surface area contributed by atoms with Crippen molar-refractivity contribution in [3.63, 3.8) is 0 Å². The number of hydrogen-bond acceptors (Lipinski definition) is 3. The number of fused-ring (bicyclic) bond motifs is 1. The van der Waals surface area contributed by atoms with E-state index < -0.39 is 0 Å². The van der Waals surface area contributed by atoms with Crippen LogP contribution in [0, 0.1) is 27.7 Å². The van der Waals surface area contributed by atoms with Crippen LogP contribution >= 0.6 is 0 Å². The maximum atomic E-state index is 13.3. The lowest BCUT2D eigenvalue weighted by atomic mass is 9.85. The Morgan fingerprint density at radius 2 is 1.86 bits per heavy atom. The second-order valence-electron chi connectivity index (χ2n) is 7.73. The van der Waals surface area contributed by atoms with Gasteiger partial charge in [0.2, 0.25) is 5.91 Å². The van der Waals surface area contributed by atoms with E-state index in [0.29, 0.717) is 6.42 Å². The second-order valence-corrected chi connectivity index (χ2v) is 7.73. The molecular weight excluding hydrogens is 348 g/mol. The van der Waals surface area contributed by atoms with Crippen molar-refractivity contribution in [2.24, 2.45) is 7.05 Å². The van der Waals surface area contributed by atoms with Gasteiger partial charge in [0.1, 0.15) is 5.82 Å². The average Bonchev–Trinajstić information content (AvgIpc) is 2.83. The first-order chi connectivity index (χ1) is 13.4. The highest BCUT2D eigenvalue weighted by Crippen LogP contribution is 2.44. The number of nitrogens with zero attached hydrogens (tertiary/aromatic N) is 4. The summed E-state index contributed by atoms with van der Waals surface area (Å²) in [5.74, 6) is 1.10. The summed E-state index contributed by atoms with van der Waals surface area (Å²) < 4.78 is 1.84. The molecule has 5 heteroatoms. The van der Waals surface area contributed by atoms with E-state index in [-0.39, 0.29) is 11.8 Å². The molecule has 1 atom stereocenters. The fraction of sp³-hybridized carbons (Fsp3) is 0.348. The van der Waals surface area contributed by atoms with E-state index in [1.165, 1.54) is 16.7 Å².